The van der Waals surface area contributed by atoms with Gasteiger partial charge in [-0.25, -0.2) is 19.2 Å². The fourth-order valence-electron chi connectivity index (χ4n) is 9.15. The topological polar surface area (TPSA) is 232 Å². The fraction of sp³-hybridized carbons (Fsp3) is 0.672. The molecule has 1 spiro atoms. The molecule has 4 rings (SSSR count). The van der Waals surface area contributed by atoms with E-state index in [-0.39, 0.29) is 103 Å². The summed E-state index contributed by atoms with van der Waals surface area (Å²) >= 11 is 0. The lowest BCUT2D eigenvalue weighted by Gasteiger charge is -2.48. The van der Waals surface area contributed by atoms with E-state index in [2.05, 4.69) is 13.2 Å². The van der Waals surface area contributed by atoms with Crippen molar-refractivity contribution in [3.05, 3.63) is 69.8 Å². The molecule has 0 amide bonds. The SMILES string of the molecule is C=C(C)C(=O)OCCCOc1c(CCC(=O)OCC(C)(C)C2OCC3(CO2)COC(C(C)(C)COC(=O)CCc2cc(C(C)(C)C)c(OC(=O)OC(C)(C)C)c(C)c2OCCCOC(=O)C(=C)C)OC3)cc(C(C)(C)C)c(OC(=O)OC(C)(C)C)c1C. The Kier molecular flexibility index (Phi) is 25.5. The first kappa shape index (κ1) is 73.3. The molecule has 2 aromatic carbocycles. The molecule has 2 aromatic rings. The summed E-state index contributed by atoms with van der Waals surface area (Å²) in [6, 6.07) is 3.76. The second-order valence-corrected chi connectivity index (χ2v) is 28.3. The number of carbonyl (C=O) groups excluding carboxylic acids is 6. The Balaban J connectivity index is 1.35. The maximum Gasteiger partial charge on any atom is 0.514 e. The lowest BCUT2D eigenvalue weighted by molar-refractivity contribution is -0.337. The van der Waals surface area contributed by atoms with Gasteiger partial charge >= 0.3 is 36.2 Å². The molecule has 0 atom stereocenters. The molecule has 2 aliphatic heterocycles. The number of aryl methyl sites for hydroxylation is 2. The molecule has 0 aliphatic carbocycles. The van der Waals surface area contributed by atoms with Crippen LogP contribution in [-0.4, -0.2) is 126 Å². The van der Waals surface area contributed by atoms with E-state index in [9.17, 15) is 28.8 Å². The van der Waals surface area contributed by atoms with Gasteiger partial charge in [-0.2, -0.15) is 0 Å². The minimum absolute atomic E-state index is 0.00213. The molecule has 2 heterocycles. The maximum absolute atomic E-state index is 13.5. The Bertz CT molecular complexity index is 2570. The monoisotopic (exact) mass is 1220 g/mol. The molecule has 2 aliphatic rings. The van der Waals surface area contributed by atoms with Gasteiger partial charge in [-0.1, -0.05) is 82.4 Å². The number of hydrogen-bond acceptors (Lipinski definition) is 20. The van der Waals surface area contributed by atoms with E-state index in [0.29, 0.717) is 69.2 Å². The summed E-state index contributed by atoms with van der Waals surface area (Å²) in [6.45, 7) is 45.4. The van der Waals surface area contributed by atoms with Crippen LogP contribution < -0.4 is 18.9 Å². The molecule has 2 fully saturated rings. The summed E-state index contributed by atoms with van der Waals surface area (Å²) in [6.07, 6.45) is -1.98. The zero-order valence-corrected chi connectivity index (χ0v) is 55.7. The molecule has 0 radical (unpaired) electrons. The number of esters is 4. The van der Waals surface area contributed by atoms with E-state index >= 15 is 0 Å². The van der Waals surface area contributed by atoms with Crippen molar-refractivity contribution < 1.29 is 95.1 Å². The van der Waals surface area contributed by atoms with E-state index in [4.69, 9.17) is 66.3 Å². The molecule has 0 bridgehead atoms. The van der Waals surface area contributed by atoms with Crippen molar-refractivity contribution in [2.24, 2.45) is 16.2 Å². The summed E-state index contributed by atoms with van der Waals surface area (Å²) in [5.74, 6) is -0.471. The van der Waals surface area contributed by atoms with Crippen molar-refractivity contribution in [1.29, 1.82) is 0 Å². The second kappa shape index (κ2) is 30.3. The Labute approximate surface area is 516 Å². The Morgan fingerprint density at radius 3 is 1.10 bits per heavy atom. The summed E-state index contributed by atoms with van der Waals surface area (Å²) in [5.41, 5.74) is -0.263. The second-order valence-electron chi connectivity index (χ2n) is 28.3. The van der Waals surface area contributed by atoms with Crippen LogP contribution in [-0.2, 0) is 90.2 Å². The van der Waals surface area contributed by atoms with Gasteiger partial charge in [-0.3, -0.25) is 9.59 Å². The predicted octanol–water partition coefficient (Wildman–Crippen LogP) is 12.7. The number of carbonyl (C=O) groups is 6. The molecule has 488 valence electrons. The van der Waals surface area contributed by atoms with E-state index in [1.54, 1.807) is 69.2 Å². The first-order valence-electron chi connectivity index (χ1n) is 29.9. The summed E-state index contributed by atoms with van der Waals surface area (Å²) in [5, 5.41) is 0. The summed E-state index contributed by atoms with van der Waals surface area (Å²) < 4.78 is 82.9. The van der Waals surface area contributed by atoms with Gasteiger partial charge in [0.05, 0.1) is 58.3 Å². The van der Waals surface area contributed by atoms with Crippen LogP contribution >= 0.6 is 0 Å². The van der Waals surface area contributed by atoms with Crippen LogP contribution in [0.2, 0.25) is 0 Å². The lowest BCUT2D eigenvalue weighted by atomic mass is 9.83. The standard InChI is InChI=1S/C67H100O20/c1-41(2)55(70)76-31-23-29-74-51-43(5)53(84-59(72)86-63(13,14)15)47(61(7,8)9)33-45(51)25-27-49(68)78-35-65(19,20)57-80-37-67(38-81-57)39-82-58(83-40-67)66(21,22)36-79-50(69)28-26-46-34-48(62(10,11)12)54(85-60(73)87-64(16,17)18)44(6)52(46)75-30-24-32-77-56(71)42(3)4/h33-34,57-58H,1,3,23-32,35-40H2,2,4-22H3. The average Bonchev–Trinajstić information content (AvgIpc) is 1.21. The zero-order valence-electron chi connectivity index (χ0n) is 55.7. The van der Waals surface area contributed by atoms with Crippen LogP contribution in [0.3, 0.4) is 0 Å². The highest BCUT2D eigenvalue weighted by atomic mass is 16.7. The maximum atomic E-state index is 13.5. The highest BCUT2D eigenvalue weighted by molar-refractivity contribution is 5.87. The van der Waals surface area contributed by atoms with Crippen molar-refractivity contribution in [2.75, 3.05) is 66.1 Å². The number of rotatable bonds is 26. The first-order chi connectivity index (χ1) is 40.0. The highest BCUT2D eigenvalue weighted by Gasteiger charge is 2.48. The Morgan fingerprint density at radius 2 is 0.816 bits per heavy atom. The molecular formula is C67H100O20. The molecule has 0 unspecified atom stereocenters. The van der Waals surface area contributed by atoms with Crippen LogP contribution in [0.15, 0.2) is 36.4 Å². The molecule has 20 heteroatoms. The molecule has 0 aromatic heterocycles. The summed E-state index contributed by atoms with van der Waals surface area (Å²) in [7, 11) is 0. The van der Waals surface area contributed by atoms with E-state index < -0.39 is 87.0 Å². The molecule has 87 heavy (non-hydrogen) atoms. The molecule has 0 N–H and O–H groups in total. The van der Waals surface area contributed by atoms with Crippen molar-refractivity contribution >= 4 is 36.2 Å². The highest BCUT2D eigenvalue weighted by Crippen LogP contribution is 2.45. The van der Waals surface area contributed by atoms with Gasteiger partial charge in [0, 0.05) is 69.9 Å². The van der Waals surface area contributed by atoms with Crippen LogP contribution in [0.4, 0.5) is 9.59 Å². The number of ether oxygens (including phenoxy) is 14. The van der Waals surface area contributed by atoms with Crippen molar-refractivity contribution in [3.63, 3.8) is 0 Å². The Morgan fingerprint density at radius 1 is 0.494 bits per heavy atom. The minimum Gasteiger partial charge on any atom is -0.493 e. The quantitative estimate of drug-likeness (QED) is 0.0280. The van der Waals surface area contributed by atoms with Gasteiger partial charge in [0.1, 0.15) is 47.4 Å². The van der Waals surface area contributed by atoms with E-state index in [1.165, 1.54) is 0 Å². The largest absolute Gasteiger partial charge is 0.514 e. The van der Waals surface area contributed by atoms with Gasteiger partial charge in [-0.05, 0) is 116 Å². The third-order valence-corrected chi connectivity index (χ3v) is 13.9. The lowest BCUT2D eigenvalue weighted by Crippen LogP contribution is -2.57. The third-order valence-electron chi connectivity index (χ3n) is 13.9. The van der Waals surface area contributed by atoms with Crippen molar-refractivity contribution in [1.82, 2.24) is 0 Å². The van der Waals surface area contributed by atoms with Gasteiger partial charge in [0.15, 0.2) is 12.6 Å². The average molecular weight is 1230 g/mol. The fourth-order valence-corrected chi connectivity index (χ4v) is 9.15. The van der Waals surface area contributed by atoms with Crippen LogP contribution in [0.1, 0.15) is 184 Å². The van der Waals surface area contributed by atoms with Crippen LogP contribution in [0, 0.1) is 30.1 Å². The first-order valence-corrected chi connectivity index (χ1v) is 29.9. The van der Waals surface area contributed by atoms with Crippen molar-refractivity contribution in [3.8, 4) is 23.0 Å². The van der Waals surface area contributed by atoms with Crippen molar-refractivity contribution in [2.45, 2.75) is 212 Å². The van der Waals surface area contributed by atoms with Crippen LogP contribution in [0.25, 0.3) is 0 Å². The van der Waals surface area contributed by atoms with Crippen LogP contribution in [0.5, 0.6) is 23.0 Å². The molecule has 20 nitrogen and oxygen atoms in total. The van der Waals surface area contributed by atoms with E-state index in [0.717, 1.165) is 0 Å². The normalized spacial score (nSPS) is 17.6. The van der Waals surface area contributed by atoms with E-state index in [1.807, 2.05) is 81.4 Å². The van der Waals surface area contributed by atoms with Gasteiger partial charge in [0.2, 0.25) is 0 Å². The Hall–Kier alpha value is -6.22. The predicted molar refractivity (Wildman–Crippen MR) is 325 cm³/mol. The zero-order chi connectivity index (χ0) is 65.7. The van der Waals surface area contributed by atoms with Gasteiger partial charge in [0.25, 0.3) is 0 Å². The molecule has 2 saturated heterocycles. The number of hydrogen-bond donors (Lipinski definition) is 0. The molecular weight excluding hydrogens is 1120 g/mol. The number of benzene rings is 2. The summed E-state index contributed by atoms with van der Waals surface area (Å²) in [4.78, 5) is 77.1. The molecule has 0 saturated carbocycles. The van der Waals surface area contributed by atoms with Gasteiger partial charge < -0.3 is 66.3 Å². The smallest absolute Gasteiger partial charge is 0.493 e. The minimum atomic E-state index is -0.867. The third kappa shape index (κ3) is 22.7. The van der Waals surface area contributed by atoms with Gasteiger partial charge in [-0.15, -0.1) is 0 Å².